The van der Waals surface area contributed by atoms with Crippen molar-refractivity contribution in [2.24, 2.45) is 11.0 Å². The molecular weight excluding hydrogens is 507 g/mol. The zero-order valence-corrected chi connectivity index (χ0v) is 20.6. The Morgan fingerprint density at radius 2 is 1.74 bits per heavy atom. The molecule has 1 heterocycles. The normalized spacial score (nSPS) is 19.4. The third-order valence-electron chi connectivity index (χ3n) is 6.79. The summed E-state index contributed by atoms with van der Waals surface area (Å²) in [6.45, 7) is -0.486. The van der Waals surface area contributed by atoms with Crippen molar-refractivity contribution in [3.8, 4) is 5.75 Å². The van der Waals surface area contributed by atoms with E-state index < -0.39 is 34.2 Å². The van der Waals surface area contributed by atoms with E-state index in [1.165, 1.54) is 47.5 Å². The van der Waals surface area contributed by atoms with E-state index in [0.717, 1.165) is 12.0 Å². The van der Waals surface area contributed by atoms with E-state index in [1.807, 2.05) is 6.08 Å². The number of para-hydroxylation sites is 1. The lowest BCUT2D eigenvalue weighted by molar-refractivity contribution is -0.385. The minimum Gasteiger partial charge on any atom is -0.481 e. The van der Waals surface area contributed by atoms with Gasteiger partial charge in [0.05, 0.1) is 21.6 Å². The number of nitro benzene ring substituents is 2. The quantitative estimate of drug-likeness (QED) is 0.279. The molecule has 198 valence electrons. The summed E-state index contributed by atoms with van der Waals surface area (Å²) in [5.74, 6) is -1.48. The van der Waals surface area contributed by atoms with Crippen LogP contribution in [0.4, 0.5) is 15.8 Å². The van der Waals surface area contributed by atoms with Crippen LogP contribution < -0.4 is 4.74 Å². The van der Waals surface area contributed by atoms with E-state index in [1.54, 1.807) is 30.3 Å². The van der Waals surface area contributed by atoms with Crippen molar-refractivity contribution < 1.29 is 23.8 Å². The second-order valence-electron chi connectivity index (χ2n) is 9.26. The largest absolute Gasteiger partial charge is 0.481 e. The van der Waals surface area contributed by atoms with Crippen LogP contribution in [0.25, 0.3) is 6.08 Å². The summed E-state index contributed by atoms with van der Waals surface area (Å²) in [6, 6.07) is 17.4. The van der Waals surface area contributed by atoms with Crippen molar-refractivity contribution in [2.45, 2.75) is 25.3 Å². The molecule has 11 heteroatoms. The van der Waals surface area contributed by atoms with E-state index in [-0.39, 0.29) is 23.0 Å². The molecule has 2 aliphatic rings. The second kappa shape index (κ2) is 10.8. The Kier molecular flexibility index (Phi) is 7.13. The van der Waals surface area contributed by atoms with Crippen LogP contribution in [0.2, 0.25) is 0 Å². The van der Waals surface area contributed by atoms with E-state index >= 15 is 0 Å². The minimum atomic E-state index is -0.634. The number of nitrogens with zero attached hydrogens (tertiary/aromatic N) is 4. The first kappa shape index (κ1) is 25.7. The standard InChI is InChI=1S/C28H23FN4O6/c29-24-12-1-2-13-25(24)39-17-26(34)31-28(20-8-4-10-22(16-20)33(37)38)23-11-5-7-19(27(23)30-31)14-18-6-3-9-21(15-18)32(35)36/h1-4,6,8-10,12-16,23,28H,5,7,11,17H2. The molecule has 2 unspecified atom stereocenters. The van der Waals surface area contributed by atoms with Gasteiger partial charge in [0.1, 0.15) is 0 Å². The van der Waals surface area contributed by atoms with E-state index in [2.05, 4.69) is 5.10 Å². The monoisotopic (exact) mass is 530 g/mol. The van der Waals surface area contributed by atoms with E-state index in [9.17, 15) is 29.4 Å². The van der Waals surface area contributed by atoms with Crippen molar-refractivity contribution in [2.75, 3.05) is 6.61 Å². The lowest BCUT2D eigenvalue weighted by atomic mass is 9.77. The fourth-order valence-corrected chi connectivity index (χ4v) is 5.06. The number of carbonyl (C=O) groups excluding carboxylic acids is 1. The number of allylic oxidation sites excluding steroid dienone is 1. The van der Waals surface area contributed by atoms with Crippen molar-refractivity contribution in [3.05, 3.63) is 116 Å². The molecule has 0 saturated heterocycles. The van der Waals surface area contributed by atoms with Gasteiger partial charge in [-0.15, -0.1) is 0 Å². The summed E-state index contributed by atoms with van der Waals surface area (Å²) in [5, 5.41) is 28.6. The first-order valence-electron chi connectivity index (χ1n) is 12.3. The zero-order valence-electron chi connectivity index (χ0n) is 20.6. The number of hydrazone groups is 1. The molecule has 1 aliphatic carbocycles. The molecule has 39 heavy (non-hydrogen) atoms. The smallest absolute Gasteiger partial charge is 0.281 e. The third kappa shape index (κ3) is 5.37. The number of amides is 1. The highest BCUT2D eigenvalue weighted by atomic mass is 19.1. The summed E-state index contributed by atoms with van der Waals surface area (Å²) < 4.78 is 19.5. The Labute approximate surface area is 222 Å². The molecule has 3 aromatic rings. The van der Waals surface area contributed by atoms with Crippen LogP contribution in [-0.2, 0) is 4.79 Å². The number of halogens is 1. The summed E-state index contributed by atoms with van der Waals surface area (Å²) in [7, 11) is 0. The summed E-state index contributed by atoms with van der Waals surface area (Å²) >= 11 is 0. The molecule has 1 saturated carbocycles. The molecule has 0 aromatic heterocycles. The maximum Gasteiger partial charge on any atom is 0.281 e. The average Bonchev–Trinajstić information content (AvgIpc) is 3.33. The molecule has 1 amide bonds. The average molecular weight is 531 g/mol. The van der Waals surface area contributed by atoms with Gasteiger partial charge in [0, 0.05) is 30.2 Å². The van der Waals surface area contributed by atoms with Crippen LogP contribution in [0.1, 0.15) is 36.4 Å². The Hall–Kier alpha value is -4.93. The molecular formula is C28H23FN4O6. The molecule has 2 atom stereocenters. The Morgan fingerprint density at radius 1 is 1.03 bits per heavy atom. The summed E-state index contributed by atoms with van der Waals surface area (Å²) in [6.07, 6.45) is 3.92. The van der Waals surface area contributed by atoms with Gasteiger partial charge in [-0.1, -0.05) is 36.4 Å². The molecule has 1 aliphatic heterocycles. The maximum absolute atomic E-state index is 14.1. The highest BCUT2D eigenvalue weighted by Crippen LogP contribution is 2.45. The third-order valence-corrected chi connectivity index (χ3v) is 6.79. The fourth-order valence-electron chi connectivity index (χ4n) is 5.06. The van der Waals surface area contributed by atoms with Gasteiger partial charge in [0.2, 0.25) is 0 Å². The number of carbonyl (C=O) groups is 1. The second-order valence-corrected chi connectivity index (χ2v) is 9.26. The van der Waals surface area contributed by atoms with Gasteiger partial charge in [-0.3, -0.25) is 25.0 Å². The molecule has 0 spiro atoms. The van der Waals surface area contributed by atoms with Gasteiger partial charge in [-0.2, -0.15) is 5.10 Å². The highest BCUT2D eigenvalue weighted by molar-refractivity contribution is 6.08. The molecule has 3 aromatic carbocycles. The van der Waals surface area contributed by atoms with Gasteiger partial charge in [-0.25, -0.2) is 9.40 Å². The number of hydrogen-bond donors (Lipinski definition) is 0. The predicted octanol–water partition coefficient (Wildman–Crippen LogP) is 5.84. The van der Waals surface area contributed by atoms with Crippen molar-refractivity contribution >= 4 is 29.1 Å². The van der Waals surface area contributed by atoms with Crippen LogP contribution in [0.15, 0.2) is 83.5 Å². The SMILES string of the molecule is O=C(COc1ccccc1F)N1N=C2C(=Cc3cccc([N+](=O)[O-])c3)CCCC2C1c1cccc([N+](=O)[O-])c1. The predicted molar refractivity (Wildman–Crippen MR) is 140 cm³/mol. The molecule has 5 rings (SSSR count). The lowest BCUT2D eigenvalue weighted by Gasteiger charge is -2.29. The molecule has 0 N–H and O–H groups in total. The van der Waals surface area contributed by atoms with Crippen molar-refractivity contribution in [1.29, 1.82) is 0 Å². The first-order chi connectivity index (χ1) is 18.8. The lowest BCUT2D eigenvalue weighted by Crippen LogP contribution is -2.34. The van der Waals surface area contributed by atoms with Crippen LogP contribution in [-0.4, -0.2) is 33.1 Å². The topological polar surface area (TPSA) is 128 Å². The molecule has 10 nitrogen and oxygen atoms in total. The zero-order chi connectivity index (χ0) is 27.5. The number of fused-ring (bicyclic) bond motifs is 1. The van der Waals surface area contributed by atoms with Crippen LogP contribution in [0, 0.1) is 32.0 Å². The number of non-ortho nitro benzene ring substituents is 2. The van der Waals surface area contributed by atoms with Crippen molar-refractivity contribution in [1.82, 2.24) is 5.01 Å². The van der Waals surface area contributed by atoms with Crippen LogP contribution in [0.3, 0.4) is 0 Å². The van der Waals surface area contributed by atoms with Gasteiger partial charge in [0.15, 0.2) is 18.2 Å². The molecule has 0 bridgehead atoms. The van der Waals surface area contributed by atoms with Crippen molar-refractivity contribution in [3.63, 3.8) is 0 Å². The van der Waals surface area contributed by atoms with Gasteiger partial charge < -0.3 is 4.74 Å². The number of nitro groups is 2. The summed E-state index contributed by atoms with van der Waals surface area (Å²) in [5.41, 5.74) is 2.49. The number of ether oxygens (including phenoxy) is 1. The van der Waals surface area contributed by atoms with Gasteiger partial charge in [-0.05, 0) is 54.2 Å². The number of rotatable bonds is 7. The Balaban J connectivity index is 1.51. The van der Waals surface area contributed by atoms with Crippen LogP contribution in [0.5, 0.6) is 5.75 Å². The fraction of sp³-hybridized carbons (Fsp3) is 0.214. The number of benzene rings is 3. The maximum atomic E-state index is 14.1. The van der Waals surface area contributed by atoms with E-state index in [0.29, 0.717) is 29.7 Å². The Bertz CT molecular complexity index is 1520. The first-order valence-corrected chi connectivity index (χ1v) is 12.3. The van der Waals surface area contributed by atoms with Gasteiger partial charge in [0.25, 0.3) is 17.3 Å². The summed E-state index contributed by atoms with van der Waals surface area (Å²) in [4.78, 5) is 35.2. The van der Waals surface area contributed by atoms with Crippen LogP contribution >= 0.6 is 0 Å². The minimum absolute atomic E-state index is 0.0401. The number of hydrogen-bond acceptors (Lipinski definition) is 7. The molecule has 1 fully saturated rings. The van der Waals surface area contributed by atoms with E-state index in [4.69, 9.17) is 4.74 Å². The highest BCUT2D eigenvalue weighted by Gasteiger charge is 2.44. The Morgan fingerprint density at radius 3 is 2.49 bits per heavy atom. The van der Waals surface area contributed by atoms with Gasteiger partial charge >= 0.3 is 0 Å². The molecule has 0 radical (unpaired) electrons.